The van der Waals surface area contributed by atoms with Crippen molar-refractivity contribution in [2.45, 2.75) is 12.6 Å². The van der Waals surface area contributed by atoms with Crippen molar-refractivity contribution in [3.05, 3.63) is 29.3 Å². The molecule has 0 aromatic heterocycles. The van der Waals surface area contributed by atoms with E-state index in [1.54, 1.807) is 7.11 Å². The minimum atomic E-state index is 0.448. The highest BCUT2D eigenvalue weighted by Crippen LogP contribution is 2.28. The summed E-state index contributed by atoms with van der Waals surface area (Å²) >= 11 is 0. The largest absolute Gasteiger partial charge is 0.497 e. The number of rotatable bonds is 2. The van der Waals surface area contributed by atoms with Crippen molar-refractivity contribution < 1.29 is 4.74 Å². The Bertz CT molecular complexity index is 349. The van der Waals surface area contributed by atoms with Gasteiger partial charge in [0.15, 0.2) is 0 Å². The molecule has 1 aliphatic rings. The van der Waals surface area contributed by atoms with Crippen molar-refractivity contribution in [3.8, 4) is 5.75 Å². The molecule has 15 heavy (non-hydrogen) atoms. The highest BCUT2D eigenvalue weighted by atomic mass is 16.5. The van der Waals surface area contributed by atoms with Gasteiger partial charge in [-0.05, 0) is 37.4 Å². The molecule has 0 aliphatic carbocycles. The van der Waals surface area contributed by atoms with Crippen LogP contribution in [0.25, 0.3) is 0 Å². The second kappa shape index (κ2) is 4.21. The first kappa shape index (κ1) is 10.5. The van der Waals surface area contributed by atoms with Crippen LogP contribution >= 0.6 is 0 Å². The number of ether oxygens (including phenoxy) is 1. The van der Waals surface area contributed by atoms with E-state index < -0.39 is 0 Å². The summed E-state index contributed by atoms with van der Waals surface area (Å²) in [4.78, 5) is 2.24. The minimum absolute atomic E-state index is 0.448. The summed E-state index contributed by atoms with van der Waals surface area (Å²) < 4.78 is 5.27. The van der Waals surface area contributed by atoms with E-state index in [1.807, 2.05) is 6.07 Å². The van der Waals surface area contributed by atoms with Gasteiger partial charge in [0.2, 0.25) is 0 Å². The molecule has 1 atom stereocenters. The molecular formula is C12H18N2O. The number of methoxy groups -OCH3 is 1. The van der Waals surface area contributed by atoms with E-state index in [4.69, 9.17) is 4.74 Å². The Labute approximate surface area is 91.0 Å². The number of hydrogen-bond donors (Lipinski definition) is 1. The van der Waals surface area contributed by atoms with Gasteiger partial charge in [0.05, 0.1) is 7.11 Å². The van der Waals surface area contributed by atoms with E-state index in [0.29, 0.717) is 6.04 Å². The second-order valence-corrected chi connectivity index (χ2v) is 4.18. The lowest BCUT2D eigenvalue weighted by Crippen LogP contribution is -2.35. The third-order valence-corrected chi connectivity index (χ3v) is 2.99. The van der Waals surface area contributed by atoms with Crippen molar-refractivity contribution in [1.29, 1.82) is 0 Å². The van der Waals surface area contributed by atoms with Gasteiger partial charge in [-0.15, -0.1) is 0 Å². The molecule has 82 valence electrons. The van der Waals surface area contributed by atoms with E-state index >= 15 is 0 Å². The van der Waals surface area contributed by atoms with Crippen LogP contribution in [0.4, 0.5) is 0 Å². The Hall–Kier alpha value is -1.06. The Morgan fingerprint density at radius 1 is 1.40 bits per heavy atom. The van der Waals surface area contributed by atoms with Crippen LogP contribution in [-0.2, 0) is 6.54 Å². The average molecular weight is 206 g/mol. The van der Waals surface area contributed by atoms with Crippen LogP contribution < -0.4 is 10.1 Å². The molecule has 3 heteroatoms. The van der Waals surface area contributed by atoms with Gasteiger partial charge in [-0.1, -0.05) is 6.07 Å². The monoisotopic (exact) mass is 206 g/mol. The molecular weight excluding hydrogens is 188 g/mol. The Morgan fingerprint density at radius 2 is 2.20 bits per heavy atom. The van der Waals surface area contributed by atoms with Crippen LogP contribution in [0.2, 0.25) is 0 Å². The smallest absolute Gasteiger partial charge is 0.119 e. The van der Waals surface area contributed by atoms with Crippen LogP contribution in [-0.4, -0.2) is 32.6 Å². The zero-order valence-electron chi connectivity index (χ0n) is 9.58. The number of likely N-dealkylation sites (N-methyl/N-ethyl adjacent to an activating group) is 1. The maximum Gasteiger partial charge on any atom is 0.119 e. The molecule has 0 unspecified atom stereocenters. The second-order valence-electron chi connectivity index (χ2n) is 4.18. The lowest BCUT2D eigenvalue weighted by atomic mass is 9.96. The molecule has 3 nitrogen and oxygen atoms in total. The summed E-state index contributed by atoms with van der Waals surface area (Å²) in [5, 5.41) is 3.43. The summed E-state index contributed by atoms with van der Waals surface area (Å²) in [7, 11) is 5.94. The fraction of sp³-hybridized carbons (Fsp3) is 0.500. The van der Waals surface area contributed by atoms with Gasteiger partial charge in [-0.2, -0.15) is 0 Å². The summed E-state index contributed by atoms with van der Waals surface area (Å²) in [5.41, 5.74) is 2.76. The minimum Gasteiger partial charge on any atom is -0.497 e. The number of nitrogens with zero attached hydrogens (tertiary/aromatic N) is 1. The summed E-state index contributed by atoms with van der Waals surface area (Å²) in [5.74, 6) is 0.947. The fourth-order valence-corrected chi connectivity index (χ4v) is 2.09. The first-order valence-corrected chi connectivity index (χ1v) is 5.26. The zero-order valence-corrected chi connectivity index (χ0v) is 9.58. The maximum atomic E-state index is 5.27. The average Bonchev–Trinajstić information content (AvgIpc) is 2.27. The number of hydrogen-bond acceptors (Lipinski definition) is 3. The fourth-order valence-electron chi connectivity index (χ4n) is 2.09. The molecule has 1 N–H and O–H groups in total. The molecule has 1 aromatic rings. The summed E-state index contributed by atoms with van der Waals surface area (Å²) in [6, 6.07) is 6.78. The lowest BCUT2D eigenvalue weighted by molar-refractivity contribution is 0.274. The summed E-state index contributed by atoms with van der Waals surface area (Å²) in [6.07, 6.45) is 0. The highest BCUT2D eigenvalue weighted by molar-refractivity contribution is 5.39. The van der Waals surface area contributed by atoms with Gasteiger partial charge in [0.25, 0.3) is 0 Å². The molecule has 0 spiro atoms. The molecule has 0 saturated carbocycles. The van der Waals surface area contributed by atoms with E-state index in [9.17, 15) is 0 Å². The van der Waals surface area contributed by atoms with E-state index in [-0.39, 0.29) is 0 Å². The van der Waals surface area contributed by atoms with Crippen LogP contribution in [0, 0.1) is 0 Å². The molecule has 0 saturated heterocycles. The molecule has 1 heterocycles. The molecule has 0 radical (unpaired) electrons. The van der Waals surface area contributed by atoms with Crippen molar-refractivity contribution in [3.63, 3.8) is 0 Å². The number of nitrogens with one attached hydrogen (secondary N) is 1. The normalized spacial score (nSPS) is 20.1. The van der Waals surface area contributed by atoms with Gasteiger partial charge in [-0.3, -0.25) is 0 Å². The van der Waals surface area contributed by atoms with Crippen molar-refractivity contribution in [2.24, 2.45) is 0 Å². The van der Waals surface area contributed by atoms with Gasteiger partial charge >= 0.3 is 0 Å². The molecule has 0 amide bonds. The third kappa shape index (κ3) is 1.98. The number of benzene rings is 1. The molecule has 1 aliphatic heterocycles. The van der Waals surface area contributed by atoms with Gasteiger partial charge in [0, 0.05) is 19.1 Å². The standard InChI is InChI=1S/C12H18N2O/c1-14(2)12-8-13-7-9-4-5-10(15-3)6-11(9)12/h4-6,12-13H,7-8H2,1-3H3/t12-/m1/s1. The Morgan fingerprint density at radius 3 is 2.87 bits per heavy atom. The first-order chi connectivity index (χ1) is 7.22. The molecule has 2 rings (SSSR count). The Kier molecular flexibility index (Phi) is 2.93. The maximum absolute atomic E-state index is 5.27. The third-order valence-electron chi connectivity index (χ3n) is 2.99. The van der Waals surface area contributed by atoms with E-state index in [0.717, 1.165) is 18.8 Å². The lowest BCUT2D eigenvalue weighted by Gasteiger charge is -2.31. The van der Waals surface area contributed by atoms with E-state index in [2.05, 4.69) is 36.4 Å². The molecule has 0 fully saturated rings. The number of fused-ring (bicyclic) bond motifs is 1. The van der Waals surface area contributed by atoms with Crippen molar-refractivity contribution in [1.82, 2.24) is 10.2 Å². The predicted molar refractivity (Wildman–Crippen MR) is 61.1 cm³/mol. The SMILES string of the molecule is COc1ccc2c(c1)[C@H](N(C)C)CNC2. The molecule has 0 bridgehead atoms. The quantitative estimate of drug-likeness (QED) is 0.791. The van der Waals surface area contributed by atoms with Crippen LogP contribution in [0.15, 0.2) is 18.2 Å². The van der Waals surface area contributed by atoms with Crippen LogP contribution in [0.5, 0.6) is 5.75 Å². The van der Waals surface area contributed by atoms with E-state index in [1.165, 1.54) is 11.1 Å². The van der Waals surface area contributed by atoms with Gasteiger partial charge in [0.1, 0.15) is 5.75 Å². The first-order valence-electron chi connectivity index (χ1n) is 5.26. The van der Waals surface area contributed by atoms with Crippen molar-refractivity contribution >= 4 is 0 Å². The molecule has 1 aromatic carbocycles. The summed E-state index contributed by atoms with van der Waals surface area (Å²) in [6.45, 7) is 1.97. The highest BCUT2D eigenvalue weighted by Gasteiger charge is 2.21. The van der Waals surface area contributed by atoms with Gasteiger partial charge < -0.3 is 15.0 Å². The Balaban J connectivity index is 2.39. The van der Waals surface area contributed by atoms with Crippen molar-refractivity contribution in [2.75, 3.05) is 27.7 Å². The zero-order chi connectivity index (χ0) is 10.8. The topological polar surface area (TPSA) is 24.5 Å². The van der Waals surface area contributed by atoms with Crippen LogP contribution in [0.1, 0.15) is 17.2 Å². The van der Waals surface area contributed by atoms with Gasteiger partial charge in [-0.25, -0.2) is 0 Å². The van der Waals surface area contributed by atoms with Crippen LogP contribution in [0.3, 0.4) is 0 Å². The predicted octanol–water partition coefficient (Wildman–Crippen LogP) is 1.40.